The summed E-state index contributed by atoms with van der Waals surface area (Å²) in [6, 6.07) is 13.3. The minimum Gasteiger partial charge on any atom is -0.449 e. The van der Waals surface area contributed by atoms with Crippen molar-refractivity contribution in [3.63, 3.8) is 0 Å². The second-order valence-corrected chi connectivity index (χ2v) is 9.05. The number of carbonyl (C=O) groups excluding carboxylic acids is 1. The average Bonchev–Trinajstić information content (AvgIpc) is 3.12. The minimum atomic E-state index is -4.61. The fourth-order valence-electron chi connectivity index (χ4n) is 3.31. The van der Waals surface area contributed by atoms with Crippen molar-refractivity contribution in [2.75, 3.05) is 4.90 Å². The van der Waals surface area contributed by atoms with Crippen LogP contribution >= 0.6 is 24.0 Å². The molecule has 3 aromatic rings. The zero-order valence-corrected chi connectivity index (χ0v) is 19.8. The summed E-state index contributed by atoms with van der Waals surface area (Å²) in [6.07, 6.45) is -3.22. The van der Waals surface area contributed by atoms with Crippen LogP contribution in [0.1, 0.15) is 11.1 Å². The molecule has 0 bridgehead atoms. The van der Waals surface area contributed by atoms with Crippen molar-refractivity contribution >= 4 is 57.3 Å². The van der Waals surface area contributed by atoms with Crippen LogP contribution in [0.25, 0.3) is 6.08 Å². The van der Waals surface area contributed by atoms with Gasteiger partial charge in [0.25, 0.3) is 11.6 Å². The maximum absolute atomic E-state index is 13.1. The maximum Gasteiger partial charge on any atom is 0.416 e. The fourth-order valence-corrected chi connectivity index (χ4v) is 4.60. The number of hydrogen-bond acceptors (Lipinski definition) is 8. The molecule has 9 nitrogen and oxygen atoms in total. The Morgan fingerprint density at radius 3 is 2.35 bits per heavy atom. The first-order valence-corrected chi connectivity index (χ1v) is 11.3. The molecular weight excluding hydrogens is 535 g/mol. The van der Waals surface area contributed by atoms with E-state index in [9.17, 15) is 38.2 Å². The first-order valence-electron chi connectivity index (χ1n) is 10.1. The largest absolute Gasteiger partial charge is 0.449 e. The molecule has 37 heavy (non-hydrogen) atoms. The number of rotatable bonds is 6. The molecule has 0 radical (unpaired) electrons. The van der Waals surface area contributed by atoms with Gasteiger partial charge in [-0.3, -0.25) is 29.9 Å². The van der Waals surface area contributed by atoms with E-state index < -0.39 is 38.9 Å². The second-order valence-electron chi connectivity index (χ2n) is 7.37. The van der Waals surface area contributed by atoms with Crippen LogP contribution < -0.4 is 9.64 Å². The number of thioether (sulfide) groups is 1. The van der Waals surface area contributed by atoms with Crippen molar-refractivity contribution < 1.29 is 32.5 Å². The van der Waals surface area contributed by atoms with E-state index in [2.05, 4.69) is 0 Å². The molecule has 0 atom stereocenters. The Bertz CT molecular complexity index is 1490. The third-order valence-corrected chi connectivity index (χ3v) is 6.30. The van der Waals surface area contributed by atoms with Crippen LogP contribution in [0.4, 0.5) is 30.2 Å². The van der Waals surface area contributed by atoms with Crippen LogP contribution in [0.5, 0.6) is 11.5 Å². The van der Waals surface area contributed by atoms with Crippen LogP contribution in [0.2, 0.25) is 0 Å². The number of anilines is 1. The molecule has 188 valence electrons. The van der Waals surface area contributed by atoms with E-state index in [1.807, 2.05) is 0 Å². The molecule has 4 rings (SSSR count). The van der Waals surface area contributed by atoms with Crippen molar-refractivity contribution in [2.24, 2.45) is 0 Å². The smallest absolute Gasteiger partial charge is 0.416 e. The summed E-state index contributed by atoms with van der Waals surface area (Å²) in [5.74, 6) is -0.845. The van der Waals surface area contributed by atoms with Gasteiger partial charge in [0, 0.05) is 11.6 Å². The van der Waals surface area contributed by atoms with Gasteiger partial charge in [-0.05, 0) is 36.4 Å². The van der Waals surface area contributed by atoms with Crippen LogP contribution in [-0.2, 0) is 11.0 Å². The zero-order valence-electron chi connectivity index (χ0n) is 18.2. The number of thiocarbonyl (C=S) groups is 1. The van der Waals surface area contributed by atoms with Crippen LogP contribution in [0.15, 0.2) is 71.6 Å². The van der Waals surface area contributed by atoms with E-state index in [0.29, 0.717) is 5.56 Å². The lowest BCUT2D eigenvalue weighted by Crippen LogP contribution is -2.27. The monoisotopic (exact) mass is 547 g/mol. The second kappa shape index (κ2) is 9.99. The molecule has 0 aromatic heterocycles. The highest BCUT2D eigenvalue weighted by molar-refractivity contribution is 8.27. The Morgan fingerprint density at radius 2 is 1.68 bits per heavy atom. The molecule has 1 aliphatic rings. The molecule has 0 unspecified atom stereocenters. The van der Waals surface area contributed by atoms with Crippen molar-refractivity contribution in [2.45, 2.75) is 6.18 Å². The van der Waals surface area contributed by atoms with Gasteiger partial charge in [-0.25, -0.2) is 0 Å². The normalized spacial score (nSPS) is 14.8. The van der Waals surface area contributed by atoms with Gasteiger partial charge in [0.2, 0.25) is 5.75 Å². The Balaban J connectivity index is 1.67. The number of carbonyl (C=O) groups is 1. The lowest BCUT2D eigenvalue weighted by atomic mass is 10.1. The number of nitro groups is 2. The van der Waals surface area contributed by atoms with Crippen molar-refractivity contribution in [3.8, 4) is 11.5 Å². The fraction of sp³-hybridized carbons (Fsp3) is 0.0435. The Kier molecular flexibility index (Phi) is 6.96. The number of non-ortho nitro benzene ring substituents is 1. The molecule has 1 fully saturated rings. The molecule has 1 amide bonds. The third kappa shape index (κ3) is 5.44. The molecular formula is C23H12F3N3O6S2. The Labute approximate surface area is 215 Å². The van der Waals surface area contributed by atoms with Gasteiger partial charge in [0.1, 0.15) is 5.75 Å². The molecule has 1 saturated heterocycles. The molecule has 1 heterocycles. The summed E-state index contributed by atoms with van der Waals surface area (Å²) >= 11 is 6.09. The van der Waals surface area contributed by atoms with Gasteiger partial charge in [0.05, 0.1) is 32.1 Å². The topological polar surface area (TPSA) is 116 Å². The van der Waals surface area contributed by atoms with E-state index >= 15 is 0 Å². The van der Waals surface area contributed by atoms with Gasteiger partial charge < -0.3 is 4.74 Å². The predicted molar refractivity (Wildman–Crippen MR) is 133 cm³/mol. The van der Waals surface area contributed by atoms with E-state index in [0.717, 1.165) is 47.0 Å². The summed E-state index contributed by atoms with van der Waals surface area (Å²) in [7, 11) is 0. The number of hydrogen-bond donors (Lipinski definition) is 0. The molecule has 0 N–H and O–H groups in total. The summed E-state index contributed by atoms with van der Waals surface area (Å²) in [4.78, 5) is 34.9. The Hall–Kier alpha value is -4.30. The van der Waals surface area contributed by atoms with Crippen LogP contribution in [0.3, 0.4) is 0 Å². The van der Waals surface area contributed by atoms with Crippen molar-refractivity contribution in [3.05, 3.63) is 103 Å². The van der Waals surface area contributed by atoms with Gasteiger partial charge in [-0.1, -0.05) is 48.2 Å². The number of halogens is 3. The van der Waals surface area contributed by atoms with Gasteiger partial charge in [-0.15, -0.1) is 0 Å². The number of benzene rings is 3. The van der Waals surface area contributed by atoms with E-state index in [4.69, 9.17) is 17.0 Å². The summed E-state index contributed by atoms with van der Waals surface area (Å²) in [5.41, 5.74) is -1.82. The summed E-state index contributed by atoms with van der Waals surface area (Å²) < 4.78 is 45.1. The highest BCUT2D eigenvalue weighted by atomic mass is 32.2. The van der Waals surface area contributed by atoms with E-state index in [-0.39, 0.29) is 26.4 Å². The minimum absolute atomic E-state index is 0.0139. The zero-order chi connectivity index (χ0) is 26.9. The highest BCUT2D eigenvalue weighted by Crippen LogP contribution is 2.40. The number of nitro benzene ring substituents is 2. The number of alkyl halides is 3. The predicted octanol–water partition coefficient (Wildman–Crippen LogP) is 6.72. The third-order valence-electron chi connectivity index (χ3n) is 5.00. The lowest BCUT2D eigenvalue weighted by Gasteiger charge is -2.16. The van der Waals surface area contributed by atoms with Crippen molar-refractivity contribution in [1.82, 2.24) is 0 Å². The van der Waals surface area contributed by atoms with E-state index in [1.54, 1.807) is 18.2 Å². The van der Waals surface area contributed by atoms with Crippen LogP contribution in [0, 0.1) is 20.2 Å². The number of amides is 1. The van der Waals surface area contributed by atoms with Crippen LogP contribution in [-0.4, -0.2) is 20.1 Å². The summed E-state index contributed by atoms with van der Waals surface area (Å²) in [5, 5.41) is 22.4. The SMILES string of the molecule is O=C1C(=Cc2ccccc2Oc2ccc([N+](=O)[O-])cc2[N+](=O)[O-])SC(=S)N1c1cccc(C(F)(F)F)c1. The highest BCUT2D eigenvalue weighted by Gasteiger charge is 2.36. The maximum atomic E-state index is 13.1. The Morgan fingerprint density at radius 1 is 0.946 bits per heavy atom. The molecule has 0 saturated carbocycles. The first-order chi connectivity index (χ1) is 17.5. The van der Waals surface area contributed by atoms with Gasteiger partial charge in [0.15, 0.2) is 4.32 Å². The van der Waals surface area contributed by atoms with Gasteiger partial charge >= 0.3 is 11.9 Å². The lowest BCUT2D eigenvalue weighted by molar-refractivity contribution is -0.394. The molecule has 3 aromatic carbocycles. The van der Waals surface area contributed by atoms with Crippen molar-refractivity contribution in [1.29, 1.82) is 0 Å². The standard InChI is InChI=1S/C23H12F3N3O6S2/c24-23(25,26)14-5-3-6-15(11-14)27-21(30)20(37-22(27)36)10-13-4-1-2-7-18(13)35-19-9-8-16(28(31)32)12-17(19)29(33)34/h1-12H. The molecule has 0 spiro atoms. The number of para-hydroxylation sites is 1. The average molecular weight is 547 g/mol. The summed E-state index contributed by atoms with van der Waals surface area (Å²) in [6.45, 7) is 0. The number of nitrogens with zero attached hydrogens (tertiary/aromatic N) is 3. The quantitative estimate of drug-likeness (QED) is 0.145. The molecule has 0 aliphatic carbocycles. The molecule has 14 heteroatoms. The molecule has 1 aliphatic heterocycles. The van der Waals surface area contributed by atoms with Gasteiger partial charge in [-0.2, -0.15) is 13.2 Å². The first kappa shape index (κ1) is 25.8. The van der Waals surface area contributed by atoms with E-state index in [1.165, 1.54) is 24.3 Å². The number of ether oxygens (including phenoxy) is 1.